The Morgan fingerprint density at radius 1 is 1.32 bits per heavy atom. The second-order valence-corrected chi connectivity index (χ2v) is 6.51. The molecule has 0 radical (unpaired) electrons. The molecule has 0 unspecified atom stereocenters. The summed E-state index contributed by atoms with van der Waals surface area (Å²) in [6, 6.07) is 1.96. The number of nitrogens with zero attached hydrogens (tertiary/aromatic N) is 1. The quantitative estimate of drug-likeness (QED) is 0.349. The van der Waals surface area contributed by atoms with E-state index in [1.165, 1.54) is 0 Å². The molecule has 0 spiro atoms. The second kappa shape index (κ2) is 7.70. The van der Waals surface area contributed by atoms with Gasteiger partial charge in [0.1, 0.15) is 0 Å². The van der Waals surface area contributed by atoms with Gasteiger partial charge in [-0.15, -0.1) is 0 Å². The molecule has 0 bridgehead atoms. The van der Waals surface area contributed by atoms with E-state index in [0.717, 1.165) is 12.1 Å². The standard InChI is InChI=1S/C10H11Cl2N3O6S/c11-6-3-7(12)10(8(4-6)15(18)19)22(20,21)14-2-1-13-5-9(16)17/h3-4,13-14H,1-2,5H2,(H,16,17). The number of carboxylic acids is 1. The Kier molecular flexibility index (Phi) is 6.50. The SMILES string of the molecule is O=C(O)CNCCNS(=O)(=O)c1c(Cl)cc(Cl)cc1[N+](=O)[O-]. The van der Waals surface area contributed by atoms with Crippen molar-refractivity contribution in [2.24, 2.45) is 0 Å². The summed E-state index contributed by atoms with van der Waals surface area (Å²) in [6.45, 7) is -0.500. The van der Waals surface area contributed by atoms with Crippen LogP contribution in [0.5, 0.6) is 0 Å². The molecule has 22 heavy (non-hydrogen) atoms. The Balaban J connectivity index is 2.94. The van der Waals surface area contributed by atoms with Gasteiger partial charge in [0.2, 0.25) is 10.0 Å². The average molecular weight is 372 g/mol. The van der Waals surface area contributed by atoms with Gasteiger partial charge in [-0.25, -0.2) is 13.1 Å². The zero-order valence-corrected chi connectivity index (χ0v) is 13.2. The summed E-state index contributed by atoms with van der Waals surface area (Å²) in [5.41, 5.74) is -0.747. The van der Waals surface area contributed by atoms with Crippen LogP contribution in [0.3, 0.4) is 0 Å². The van der Waals surface area contributed by atoms with Gasteiger partial charge in [-0.1, -0.05) is 23.2 Å². The number of benzene rings is 1. The van der Waals surface area contributed by atoms with Crippen LogP contribution in [0.25, 0.3) is 0 Å². The van der Waals surface area contributed by atoms with E-state index in [0.29, 0.717) is 0 Å². The highest BCUT2D eigenvalue weighted by molar-refractivity contribution is 7.89. The van der Waals surface area contributed by atoms with E-state index < -0.39 is 31.5 Å². The van der Waals surface area contributed by atoms with Crippen LogP contribution in [-0.4, -0.2) is 44.1 Å². The summed E-state index contributed by atoms with van der Waals surface area (Å²) in [5.74, 6) is -1.10. The number of aliphatic carboxylic acids is 1. The largest absolute Gasteiger partial charge is 0.480 e. The van der Waals surface area contributed by atoms with Crippen molar-refractivity contribution in [3.63, 3.8) is 0 Å². The summed E-state index contributed by atoms with van der Waals surface area (Å²) in [7, 11) is -4.25. The fraction of sp³-hybridized carbons (Fsp3) is 0.300. The smallest absolute Gasteiger partial charge is 0.317 e. The van der Waals surface area contributed by atoms with Gasteiger partial charge in [0, 0.05) is 24.2 Å². The summed E-state index contributed by atoms with van der Waals surface area (Å²) in [6.07, 6.45) is 0. The molecule has 0 aliphatic carbocycles. The number of nitro groups is 1. The van der Waals surface area contributed by atoms with Gasteiger partial charge in [0.15, 0.2) is 4.90 Å². The van der Waals surface area contributed by atoms with Crippen molar-refractivity contribution in [3.8, 4) is 0 Å². The van der Waals surface area contributed by atoms with Crippen LogP contribution < -0.4 is 10.0 Å². The maximum atomic E-state index is 12.1. The zero-order chi connectivity index (χ0) is 16.9. The lowest BCUT2D eigenvalue weighted by atomic mass is 10.3. The number of halogens is 2. The molecular formula is C10H11Cl2N3O6S. The van der Waals surface area contributed by atoms with E-state index in [2.05, 4.69) is 10.0 Å². The van der Waals surface area contributed by atoms with Gasteiger partial charge in [0.05, 0.1) is 16.5 Å². The van der Waals surface area contributed by atoms with Crippen LogP contribution in [0.1, 0.15) is 0 Å². The minimum atomic E-state index is -4.25. The number of carbonyl (C=O) groups is 1. The highest BCUT2D eigenvalue weighted by Crippen LogP contribution is 2.34. The van der Waals surface area contributed by atoms with Crippen LogP contribution >= 0.6 is 23.2 Å². The van der Waals surface area contributed by atoms with Crippen molar-refractivity contribution in [1.29, 1.82) is 0 Å². The maximum Gasteiger partial charge on any atom is 0.317 e. The molecule has 0 fully saturated rings. The zero-order valence-electron chi connectivity index (χ0n) is 10.9. The number of nitrogens with one attached hydrogen (secondary N) is 2. The van der Waals surface area contributed by atoms with Gasteiger partial charge in [-0.3, -0.25) is 14.9 Å². The third kappa shape index (κ3) is 5.07. The van der Waals surface area contributed by atoms with Crippen molar-refractivity contribution in [2.45, 2.75) is 4.90 Å². The molecule has 122 valence electrons. The van der Waals surface area contributed by atoms with Crippen molar-refractivity contribution >= 4 is 44.9 Å². The monoisotopic (exact) mass is 371 g/mol. The van der Waals surface area contributed by atoms with Gasteiger partial charge >= 0.3 is 5.97 Å². The predicted octanol–water partition coefficient (Wildman–Crippen LogP) is 0.854. The van der Waals surface area contributed by atoms with Crippen molar-refractivity contribution in [1.82, 2.24) is 10.0 Å². The fourth-order valence-electron chi connectivity index (χ4n) is 1.49. The van der Waals surface area contributed by atoms with Crippen LogP contribution in [0.15, 0.2) is 17.0 Å². The molecule has 1 aromatic rings. The molecule has 12 heteroatoms. The number of nitro benzene ring substituents is 1. The number of carboxylic acid groups (broad SMARTS) is 1. The summed E-state index contributed by atoms with van der Waals surface area (Å²) >= 11 is 11.4. The number of hydrogen-bond donors (Lipinski definition) is 3. The van der Waals surface area contributed by atoms with Crippen LogP contribution in [0.4, 0.5) is 5.69 Å². The molecule has 9 nitrogen and oxygen atoms in total. The predicted molar refractivity (Wildman–Crippen MR) is 78.8 cm³/mol. The second-order valence-electron chi connectivity index (χ2n) is 3.96. The maximum absolute atomic E-state index is 12.1. The Morgan fingerprint density at radius 2 is 1.95 bits per heavy atom. The van der Waals surface area contributed by atoms with Crippen LogP contribution in [-0.2, 0) is 14.8 Å². The molecule has 0 saturated carbocycles. The first kappa shape index (κ1) is 18.6. The van der Waals surface area contributed by atoms with Crippen molar-refractivity contribution < 1.29 is 23.2 Å². The van der Waals surface area contributed by atoms with E-state index >= 15 is 0 Å². The minimum Gasteiger partial charge on any atom is -0.480 e. The molecule has 0 atom stereocenters. The van der Waals surface area contributed by atoms with E-state index in [-0.39, 0.29) is 29.7 Å². The average Bonchev–Trinajstić information content (AvgIpc) is 2.36. The van der Waals surface area contributed by atoms with E-state index in [9.17, 15) is 23.3 Å². The third-order valence-corrected chi connectivity index (χ3v) is 4.50. The molecule has 0 aliphatic heterocycles. The molecule has 0 heterocycles. The Hall–Kier alpha value is -1.46. The lowest BCUT2D eigenvalue weighted by Crippen LogP contribution is -2.34. The molecular weight excluding hydrogens is 361 g/mol. The summed E-state index contributed by atoms with van der Waals surface area (Å²) in [5, 5.41) is 21.3. The molecule has 1 aromatic carbocycles. The first-order valence-electron chi connectivity index (χ1n) is 5.70. The lowest BCUT2D eigenvalue weighted by molar-refractivity contribution is -0.387. The highest BCUT2D eigenvalue weighted by Gasteiger charge is 2.29. The Bertz CT molecular complexity index is 694. The van der Waals surface area contributed by atoms with Gasteiger partial charge in [-0.2, -0.15) is 0 Å². The van der Waals surface area contributed by atoms with Crippen molar-refractivity contribution in [2.75, 3.05) is 19.6 Å². The van der Waals surface area contributed by atoms with Crippen molar-refractivity contribution in [3.05, 3.63) is 32.3 Å². The van der Waals surface area contributed by atoms with E-state index in [1.807, 2.05) is 0 Å². The molecule has 0 aromatic heterocycles. The molecule has 0 aliphatic rings. The minimum absolute atomic E-state index is 0.0184. The van der Waals surface area contributed by atoms with Crippen LogP contribution in [0, 0.1) is 10.1 Å². The fourth-order valence-corrected chi connectivity index (χ4v) is 3.52. The first-order valence-corrected chi connectivity index (χ1v) is 7.94. The highest BCUT2D eigenvalue weighted by atomic mass is 35.5. The van der Waals surface area contributed by atoms with E-state index in [1.54, 1.807) is 0 Å². The van der Waals surface area contributed by atoms with Gasteiger partial charge in [-0.05, 0) is 6.07 Å². The number of hydrogen-bond acceptors (Lipinski definition) is 6. The molecule has 0 amide bonds. The normalized spacial score (nSPS) is 11.4. The Labute approximate surface area is 135 Å². The third-order valence-electron chi connectivity index (χ3n) is 2.32. The number of rotatable bonds is 8. The number of sulfonamides is 1. The molecule has 1 rings (SSSR count). The summed E-state index contributed by atoms with van der Waals surface area (Å²) < 4.78 is 26.3. The molecule has 0 saturated heterocycles. The van der Waals surface area contributed by atoms with Gasteiger partial charge in [0.25, 0.3) is 5.69 Å². The van der Waals surface area contributed by atoms with E-state index in [4.69, 9.17) is 28.3 Å². The molecule has 3 N–H and O–H groups in total. The van der Waals surface area contributed by atoms with Gasteiger partial charge < -0.3 is 10.4 Å². The Morgan fingerprint density at radius 3 is 2.50 bits per heavy atom. The topological polar surface area (TPSA) is 139 Å². The lowest BCUT2D eigenvalue weighted by Gasteiger charge is -2.09. The first-order chi connectivity index (χ1) is 10.1. The summed E-state index contributed by atoms with van der Waals surface area (Å²) in [4.78, 5) is 19.6. The van der Waals surface area contributed by atoms with Crippen LogP contribution in [0.2, 0.25) is 10.0 Å².